The standard InChI is InChI=1S/C33H35N3O6/c1-23-18-36(32(38)34-30(23)37)31-28-27(35-41-21-26-15-9-4-10-16-26)17-33(42-31,22-39-19-24-11-5-2-6-12-24)29(28)40-20-25-13-7-3-8-14-25/h2-16,18,27-29,31,35H,17,19-22H2,1H3,(H,34,37,38)/t27-,28?,29-,31+,33+/m0/s1. The Morgan fingerprint density at radius 1 is 0.881 bits per heavy atom. The Balaban J connectivity index is 1.30. The summed E-state index contributed by atoms with van der Waals surface area (Å²) in [5.74, 6) is -0.312. The van der Waals surface area contributed by atoms with E-state index in [1.54, 1.807) is 13.1 Å². The average molecular weight is 570 g/mol. The molecule has 9 nitrogen and oxygen atoms in total. The number of hydroxylamine groups is 1. The third kappa shape index (κ3) is 6.01. The van der Waals surface area contributed by atoms with Gasteiger partial charge in [0.1, 0.15) is 11.8 Å². The molecular formula is C33H35N3O6. The summed E-state index contributed by atoms with van der Waals surface area (Å²) >= 11 is 0. The van der Waals surface area contributed by atoms with Crippen molar-refractivity contribution < 1.29 is 19.0 Å². The summed E-state index contributed by atoms with van der Waals surface area (Å²) in [6, 6.07) is 29.6. The summed E-state index contributed by atoms with van der Waals surface area (Å²) in [5.41, 5.74) is 4.98. The lowest BCUT2D eigenvalue weighted by atomic mass is 9.99. The Morgan fingerprint density at radius 3 is 2.12 bits per heavy atom. The Morgan fingerprint density at radius 2 is 1.48 bits per heavy atom. The fourth-order valence-corrected chi connectivity index (χ4v) is 6.03. The van der Waals surface area contributed by atoms with Gasteiger partial charge in [0, 0.05) is 17.8 Å². The molecule has 0 spiro atoms. The van der Waals surface area contributed by atoms with Gasteiger partial charge in [0.25, 0.3) is 5.56 Å². The molecule has 6 rings (SSSR count). The lowest BCUT2D eigenvalue weighted by molar-refractivity contribution is -0.172. The molecule has 42 heavy (non-hydrogen) atoms. The molecule has 2 aliphatic rings. The maximum absolute atomic E-state index is 13.1. The van der Waals surface area contributed by atoms with Crippen LogP contribution in [0.3, 0.4) is 0 Å². The van der Waals surface area contributed by atoms with Crippen molar-refractivity contribution in [2.24, 2.45) is 5.92 Å². The van der Waals surface area contributed by atoms with E-state index in [0.717, 1.165) is 16.7 Å². The topological polar surface area (TPSA) is 104 Å². The monoisotopic (exact) mass is 569 g/mol. The number of nitrogens with one attached hydrogen (secondary N) is 2. The van der Waals surface area contributed by atoms with Gasteiger partial charge in [-0.25, -0.2) is 4.79 Å². The van der Waals surface area contributed by atoms with Crippen LogP contribution in [0.15, 0.2) is 107 Å². The zero-order valence-corrected chi connectivity index (χ0v) is 23.5. The van der Waals surface area contributed by atoms with Gasteiger partial charge in [0.05, 0.1) is 38.4 Å². The van der Waals surface area contributed by atoms with Gasteiger partial charge in [0.2, 0.25) is 0 Å². The summed E-state index contributed by atoms with van der Waals surface area (Å²) in [4.78, 5) is 33.7. The van der Waals surface area contributed by atoms with Gasteiger partial charge in [-0.05, 0) is 30.0 Å². The number of H-pyrrole nitrogens is 1. The largest absolute Gasteiger partial charge is 0.374 e. The molecule has 0 radical (unpaired) electrons. The van der Waals surface area contributed by atoms with Crippen LogP contribution in [-0.2, 0) is 38.9 Å². The highest BCUT2D eigenvalue weighted by Gasteiger charge is 2.66. The number of rotatable bonds is 12. The maximum atomic E-state index is 13.1. The molecule has 1 saturated carbocycles. The minimum atomic E-state index is -0.865. The van der Waals surface area contributed by atoms with Gasteiger partial charge in [0.15, 0.2) is 0 Å². The second-order valence-electron chi connectivity index (χ2n) is 11.0. The molecule has 1 aromatic heterocycles. The smallest absolute Gasteiger partial charge is 0.330 e. The SMILES string of the molecule is Cc1cn([C@@H]2O[C@@]3(COCc4ccccc4)C[C@H](NOCc4ccccc4)C2[C@@H]3OCc2ccccc2)c(=O)[nH]c1=O. The van der Waals surface area contributed by atoms with E-state index in [-0.39, 0.29) is 18.6 Å². The second-order valence-corrected chi connectivity index (χ2v) is 11.0. The molecule has 1 aliphatic carbocycles. The highest BCUT2D eigenvalue weighted by Crippen LogP contribution is 2.54. The van der Waals surface area contributed by atoms with E-state index in [4.69, 9.17) is 19.0 Å². The Hall–Kier alpha value is -3.86. The van der Waals surface area contributed by atoms with Crippen molar-refractivity contribution in [2.45, 2.75) is 57.1 Å². The van der Waals surface area contributed by atoms with Gasteiger partial charge in [-0.2, -0.15) is 5.48 Å². The van der Waals surface area contributed by atoms with Gasteiger partial charge in [-0.15, -0.1) is 0 Å². The number of nitrogens with zero attached hydrogens (tertiary/aromatic N) is 1. The predicted molar refractivity (Wildman–Crippen MR) is 156 cm³/mol. The molecular weight excluding hydrogens is 534 g/mol. The Kier molecular flexibility index (Phi) is 8.46. The van der Waals surface area contributed by atoms with Crippen LogP contribution in [0.4, 0.5) is 0 Å². The summed E-state index contributed by atoms with van der Waals surface area (Å²) in [7, 11) is 0. The Bertz CT molecular complexity index is 1580. The summed E-state index contributed by atoms with van der Waals surface area (Å²) in [6.45, 7) is 3.08. The molecule has 1 aliphatic heterocycles. The lowest BCUT2D eigenvalue weighted by Crippen LogP contribution is -2.47. The van der Waals surface area contributed by atoms with Gasteiger partial charge in [-0.1, -0.05) is 91.0 Å². The molecule has 4 aromatic rings. The van der Waals surface area contributed by atoms with Gasteiger partial charge < -0.3 is 14.2 Å². The quantitative estimate of drug-likeness (QED) is 0.248. The number of hydrogen-bond acceptors (Lipinski definition) is 7. The third-order valence-electron chi connectivity index (χ3n) is 8.05. The lowest BCUT2D eigenvalue weighted by Gasteiger charge is -2.35. The van der Waals surface area contributed by atoms with Crippen molar-refractivity contribution in [3.8, 4) is 0 Å². The zero-order valence-electron chi connectivity index (χ0n) is 23.5. The normalized spacial score (nSPS) is 24.7. The van der Waals surface area contributed by atoms with Gasteiger partial charge in [-0.3, -0.25) is 19.2 Å². The van der Waals surface area contributed by atoms with Crippen LogP contribution in [0, 0.1) is 12.8 Å². The third-order valence-corrected chi connectivity index (χ3v) is 8.05. The maximum Gasteiger partial charge on any atom is 0.330 e. The number of ether oxygens (including phenoxy) is 3. The first kappa shape index (κ1) is 28.3. The molecule has 1 unspecified atom stereocenters. The van der Waals surface area contributed by atoms with E-state index in [2.05, 4.69) is 10.5 Å². The molecule has 3 aromatic carbocycles. The molecule has 2 N–H and O–H groups in total. The van der Waals surface area contributed by atoms with Crippen molar-refractivity contribution in [1.29, 1.82) is 0 Å². The van der Waals surface area contributed by atoms with Crippen LogP contribution in [-0.4, -0.2) is 33.9 Å². The molecule has 0 amide bonds. The van der Waals surface area contributed by atoms with Crippen LogP contribution < -0.4 is 16.7 Å². The molecule has 5 atom stereocenters. The number of hydrogen-bond donors (Lipinski definition) is 2. The Labute approximate surface area is 244 Å². The minimum Gasteiger partial charge on any atom is -0.374 e. The van der Waals surface area contributed by atoms with Crippen molar-refractivity contribution >= 4 is 0 Å². The van der Waals surface area contributed by atoms with E-state index in [1.807, 2.05) is 91.0 Å². The number of fused-ring (bicyclic) bond motifs is 2. The van der Waals surface area contributed by atoms with E-state index in [9.17, 15) is 9.59 Å². The average Bonchev–Trinajstić information content (AvgIpc) is 3.48. The van der Waals surface area contributed by atoms with E-state index in [0.29, 0.717) is 31.8 Å². The molecule has 2 heterocycles. The van der Waals surface area contributed by atoms with Crippen molar-refractivity contribution in [3.05, 3.63) is 140 Å². The van der Waals surface area contributed by atoms with Crippen LogP contribution in [0.25, 0.3) is 0 Å². The highest BCUT2D eigenvalue weighted by atomic mass is 16.6. The first-order chi connectivity index (χ1) is 20.5. The number of aryl methyl sites for hydroxylation is 1. The number of benzene rings is 3. The summed E-state index contributed by atoms with van der Waals surface area (Å²) in [6.07, 6.45) is 0.978. The zero-order chi connectivity index (χ0) is 28.9. The molecule has 2 bridgehead atoms. The fourth-order valence-electron chi connectivity index (χ4n) is 6.03. The second kappa shape index (κ2) is 12.6. The van der Waals surface area contributed by atoms with Crippen molar-refractivity contribution in [3.63, 3.8) is 0 Å². The van der Waals surface area contributed by atoms with Crippen LogP contribution in [0.5, 0.6) is 0 Å². The number of aromatic nitrogens is 2. The first-order valence-electron chi connectivity index (χ1n) is 14.2. The van der Waals surface area contributed by atoms with E-state index >= 15 is 0 Å². The highest BCUT2D eigenvalue weighted by molar-refractivity contribution is 5.18. The van der Waals surface area contributed by atoms with Crippen molar-refractivity contribution in [2.75, 3.05) is 6.61 Å². The fraction of sp³-hybridized carbons (Fsp3) is 0.333. The summed E-state index contributed by atoms with van der Waals surface area (Å²) in [5, 5.41) is 0. The molecule has 218 valence electrons. The molecule has 9 heteroatoms. The van der Waals surface area contributed by atoms with Gasteiger partial charge >= 0.3 is 5.69 Å². The van der Waals surface area contributed by atoms with Crippen LogP contribution in [0.1, 0.15) is 34.9 Å². The molecule has 1 saturated heterocycles. The van der Waals surface area contributed by atoms with Crippen LogP contribution >= 0.6 is 0 Å². The number of aromatic amines is 1. The molecule has 2 fully saturated rings. The van der Waals surface area contributed by atoms with E-state index in [1.165, 1.54) is 4.57 Å². The first-order valence-corrected chi connectivity index (χ1v) is 14.2. The minimum absolute atomic E-state index is 0.215. The predicted octanol–water partition coefficient (Wildman–Crippen LogP) is 4.02. The van der Waals surface area contributed by atoms with Crippen LogP contribution in [0.2, 0.25) is 0 Å². The van der Waals surface area contributed by atoms with Crippen molar-refractivity contribution in [1.82, 2.24) is 15.0 Å². The van der Waals surface area contributed by atoms with E-state index < -0.39 is 29.2 Å². The summed E-state index contributed by atoms with van der Waals surface area (Å²) < 4.78 is 21.1.